The first-order chi connectivity index (χ1) is 10.9. The van der Waals surface area contributed by atoms with Gasteiger partial charge in [0.15, 0.2) is 6.23 Å². The molecule has 2 aliphatic heterocycles. The first-order valence-electron chi connectivity index (χ1n) is 7.88. The molecule has 3 N–H and O–H groups in total. The van der Waals surface area contributed by atoms with Gasteiger partial charge in [0.2, 0.25) is 0 Å². The summed E-state index contributed by atoms with van der Waals surface area (Å²) >= 11 is 0. The zero-order chi connectivity index (χ0) is 17.0. The van der Waals surface area contributed by atoms with E-state index in [1.165, 1.54) is 4.90 Å². The highest BCUT2D eigenvalue weighted by atomic mass is 16.6. The number of rotatable bonds is 6. The molecular weight excluding hydrogens is 302 g/mol. The van der Waals surface area contributed by atoms with Crippen molar-refractivity contribution in [2.45, 2.75) is 51.2 Å². The fraction of sp³-hybridized carbons (Fsp3) is 0.688. The van der Waals surface area contributed by atoms with Crippen molar-refractivity contribution >= 4 is 5.97 Å². The van der Waals surface area contributed by atoms with E-state index in [1.54, 1.807) is 18.5 Å². The summed E-state index contributed by atoms with van der Waals surface area (Å²) in [6, 6.07) is 0. The van der Waals surface area contributed by atoms with Gasteiger partial charge in [0.05, 0.1) is 18.8 Å². The Morgan fingerprint density at radius 2 is 2.17 bits per heavy atom. The second-order valence-corrected chi connectivity index (χ2v) is 6.24. The van der Waals surface area contributed by atoms with Crippen LogP contribution in [-0.2, 0) is 14.3 Å². The molecule has 0 bridgehead atoms. The van der Waals surface area contributed by atoms with Gasteiger partial charge in [-0.05, 0) is 12.3 Å². The smallest absolute Gasteiger partial charge is 0.335 e. The van der Waals surface area contributed by atoms with Crippen LogP contribution in [0.1, 0.15) is 26.7 Å². The maximum Gasteiger partial charge on any atom is 0.335 e. The molecule has 7 nitrogen and oxygen atoms in total. The van der Waals surface area contributed by atoms with Crippen LogP contribution in [0, 0.1) is 5.92 Å². The third-order valence-electron chi connectivity index (χ3n) is 3.92. The quantitative estimate of drug-likeness (QED) is 0.596. The summed E-state index contributed by atoms with van der Waals surface area (Å²) in [5.41, 5.74) is 0.453. The molecule has 0 amide bonds. The van der Waals surface area contributed by atoms with Gasteiger partial charge in [0, 0.05) is 18.8 Å². The van der Waals surface area contributed by atoms with E-state index in [9.17, 15) is 15.0 Å². The van der Waals surface area contributed by atoms with Crippen LogP contribution in [0.3, 0.4) is 0 Å². The Balaban J connectivity index is 1.98. The van der Waals surface area contributed by atoms with Crippen molar-refractivity contribution < 1.29 is 29.6 Å². The molecule has 0 saturated carbocycles. The lowest BCUT2D eigenvalue weighted by Gasteiger charge is -2.28. The minimum atomic E-state index is -1.18. The molecule has 0 aromatic carbocycles. The number of allylic oxidation sites excluding steroid dienone is 1. The Hall–Kier alpha value is -1.41. The SMILES string of the molecule is CC(C)CCOC(=O)C1=CN([C@@H]2O[C@H](CO)[C@H](O)[C@@H]2O)C=CC1. The van der Waals surface area contributed by atoms with Gasteiger partial charge in [-0.3, -0.25) is 0 Å². The van der Waals surface area contributed by atoms with Gasteiger partial charge in [0.25, 0.3) is 0 Å². The number of carbonyl (C=O) groups excluding carboxylic acids is 1. The van der Waals surface area contributed by atoms with Gasteiger partial charge in [-0.25, -0.2) is 4.79 Å². The molecule has 0 spiro atoms. The van der Waals surface area contributed by atoms with Crippen LogP contribution >= 0.6 is 0 Å². The van der Waals surface area contributed by atoms with Gasteiger partial charge in [-0.15, -0.1) is 0 Å². The lowest BCUT2D eigenvalue weighted by molar-refractivity contribution is -0.139. The minimum Gasteiger partial charge on any atom is -0.462 e. The van der Waals surface area contributed by atoms with Crippen LogP contribution in [0.4, 0.5) is 0 Å². The van der Waals surface area contributed by atoms with E-state index < -0.39 is 30.5 Å². The number of hydrogen-bond acceptors (Lipinski definition) is 7. The van der Waals surface area contributed by atoms with Crippen LogP contribution in [0.15, 0.2) is 24.0 Å². The Labute approximate surface area is 135 Å². The monoisotopic (exact) mass is 327 g/mol. The highest BCUT2D eigenvalue weighted by Gasteiger charge is 2.44. The van der Waals surface area contributed by atoms with Crippen molar-refractivity contribution in [1.29, 1.82) is 0 Å². The lowest BCUT2D eigenvalue weighted by atomic mass is 10.1. The molecule has 7 heteroatoms. The summed E-state index contributed by atoms with van der Waals surface area (Å²) in [4.78, 5) is 13.6. The summed E-state index contributed by atoms with van der Waals surface area (Å²) in [7, 11) is 0. The molecule has 2 heterocycles. The normalized spacial score (nSPS) is 30.7. The third kappa shape index (κ3) is 4.32. The molecule has 1 saturated heterocycles. The number of aliphatic hydroxyl groups is 3. The number of hydrogen-bond donors (Lipinski definition) is 3. The number of aliphatic hydroxyl groups excluding tert-OH is 3. The Bertz CT molecular complexity index is 475. The van der Waals surface area contributed by atoms with E-state index in [1.807, 2.05) is 0 Å². The predicted octanol–water partition coefficient (Wildman–Crippen LogP) is 0.118. The third-order valence-corrected chi connectivity index (χ3v) is 3.92. The molecule has 0 aromatic rings. The van der Waals surface area contributed by atoms with Crippen molar-refractivity contribution in [2.24, 2.45) is 5.92 Å². The summed E-state index contributed by atoms with van der Waals surface area (Å²) in [6.45, 7) is 4.09. The minimum absolute atomic E-state index is 0.366. The molecule has 4 atom stereocenters. The summed E-state index contributed by atoms with van der Waals surface area (Å²) in [5.74, 6) is 0.0604. The molecule has 2 aliphatic rings. The second kappa shape index (κ2) is 7.92. The van der Waals surface area contributed by atoms with Gasteiger partial charge in [0.1, 0.15) is 18.3 Å². The number of nitrogens with zero attached hydrogens (tertiary/aromatic N) is 1. The van der Waals surface area contributed by atoms with Crippen LogP contribution in [0.2, 0.25) is 0 Å². The summed E-state index contributed by atoms with van der Waals surface area (Å²) in [6.07, 6.45) is 2.17. The number of esters is 1. The zero-order valence-electron chi connectivity index (χ0n) is 13.5. The molecule has 2 rings (SSSR count). The molecule has 1 fully saturated rings. The van der Waals surface area contributed by atoms with Gasteiger partial charge in [-0.1, -0.05) is 19.9 Å². The molecule has 23 heavy (non-hydrogen) atoms. The van der Waals surface area contributed by atoms with E-state index >= 15 is 0 Å². The van der Waals surface area contributed by atoms with Gasteiger partial charge < -0.3 is 29.7 Å². The van der Waals surface area contributed by atoms with Crippen LogP contribution in [-0.4, -0.2) is 63.9 Å². The molecule has 0 unspecified atom stereocenters. The first-order valence-corrected chi connectivity index (χ1v) is 7.88. The maximum atomic E-state index is 12.1. The second-order valence-electron chi connectivity index (χ2n) is 6.24. The van der Waals surface area contributed by atoms with Crippen molar-refractivity contribution in [3.05, 3.63) is 24.0 Å². The highest BCUT2D eigenvalue weighted by Crippen LogP contribution is 2.27. The highest BCUT2D eigenvalue weighted by molar-refractivity contribution is 5.88. The first kappa shape index (κ1) is 17.9. The van der Waals surface area contributed by atoms with Crippen molar-refractivity contribution in [3.63, 3.8) is 0 Å². The van der Waals surface area contributed by atoms with E-state index in [2.05, 4.69) is 13.8 Å². The van der Waals surface area contributed by atoms with Gasteiger partial charge >= 0.3 is 5.97 Å². The predicted molar refractivity (Wildman–Crippen MR) is 81.9 cm³/mol. The fourth-order valence-corrected chi connectivity index (χ4v) is 2.48. The van der Waals surface area contributed by atoms with Gasteiger partial charge in [-0.2, -0.15) is 0 Å². The van der Waals surface area contributed by atoms with Crippen molar-refractivity contribution in [3.8, 4) is 0 Å². The van der Waals surface area contributed by atoms with Crippen molar-refractivity contribution in [2.75, 3.05) is 13.2 Å². The van der Waals surface area contributed by atoms with Crippen LogP contribution in [0.25, 0.3) is 0 Å². The molecular formula is C16H25NO6. The van der Waals surface area contributed by atoms with E-state index in [0.717, 1.165) is 6.42 Å². The number of carbonyl (C=O) groups is 1. The molecule has 0 aliphatic carbocycles. The van der Waals surface area contributed by atoms with Crippen molar-refractivity contribution in [1.82, 2.24) is 4.90 Å². The molecule has 130 valence electrons. The maximum absolute atomic E-state index is 12.1. The Morgan fingerprint density at radius 1 is 1.43 bits per heavy atom. The topological polar surface area (TPSA) is 99.5 Å². The summed E-state index contributed by atoms with van der Waals surface area (Å²) in [5, 5.41) is 29.0. The lowest BCUT2D eigenvalue weighted by Crippen LogP contribution is -2.40. The number of ether oxygens (including phenoxy) is 2. The largest absolute Gasteiger partial charge is 0.462 e. The fourth-order valence-electron chi connectivity index (χ4n) is 2.48. The Kier molecular flexibility index (Phi) is 6.17. The molecule has 0 radical (unpaired) electrons. The molecule has 0 aromatic heterocycles. The van der Waals surface area contributed by atoms with Crippen LogP contribution < -0.4 is 0 Å². The van der Waals surface area contributed by atoms with E-state index in [-0.39, 0.29) is 6.61 Å². The Morgan fingerprint density at radius 3 is 2.78 bits per heavy atom. The zero-order valence-corrected chi connectivity index (χ0v) is 13.5. The van der Waals surface area contributed by atoms with Crippen LogP contribution in [0.5, 0.6) is 0 Å². The average Bonchev–Trinajstić information content (AvgIpc) is 2.82. The summed E-state index contributed by atoms with van der Waals surface area (Å²) < 4.78 is 10.7. The van der Waals surface area contributed by atoms with E-state index in [4.69, 9.17) is 14.6 Å². The van der Waals surface area contributed by atoms with E-state index in [0.29, 0.717) is 24.5 Å². The standard InChI is InChI=1S/C16H25NO6/c1-10(2)5-7-22-16(21)11-4-3-6-17(8-11)15-14(20)13(19)12(9-18)23-15/h3,6,8,10,12-15,18-20H,4-5,7,9H2,1-2H3/t12-,13+,14+,15-/m1/s1. The average molecular weight is 327 g/mol.